The summed E-state index contributed by atoms with van der Waals surface area (Å²) in [6.07, 6.45) is 0.778. The Morgan fingerprint density at radius 1 is 1.53 bits per heavy atom. The Labute approximate surface area is 92.8 Å². The van der Waals surface area contributed by atoms with Crippen LogP contribution in [-0.2, 0) is 4.79 Å². The summed E-state index contributed by atoms with van der Waals surface area (Å²) in [5.74, 6) is -0.403. The molecule has 0 aliphatic heterocycles. The van der Waals surface area contributed by atoms with E-state index in [0.717, 1.165) is 0 Å². The average molecular weight is 235 g/mol. The van der Waals surface area contributed by atoms with Gasteiger partial charge in [-0.15, -0.1) is 11.8 Å². The van der Waals surface area contributed by atoms with E-state index in [9.17, 15) is 9.59 Å². The highest BCUT2D eigenvalue weighted by Gasteiger charge is 2.33. The maximum atomic E-state index is 10.9. The first kappa shape index (κ1) is 14.1. The number of primary amides is 1. The summed E-state index contributed by atoms with van der Waals surface area (Å²) in [6, 6.07) is -0.615. The molecule has 6 N–H and O–H groups in total. The molecule has 0 unspecified atom stereocenters. The highest BCUT2D eigenvalue weighted by molar-refractivity contribution is 8.01. The number of hydrogen-bond donors (Lipinski definition) is 4. The quantitative estimate of drug-likeness (QED) is 0.364. The number of rotatable bonds is 7. The van der Waals surface area contributed by atoms with Crippen molar-refractivity contribution in [3.8, 4) is 0 Å². The van der Waals surface area contributed by atoms with Gasteiger partial charge in [0.25, 0.3) is 0 Å². The molecule has 6 nitrogen and oxygen atoms in total. The molecular formula is C8H17N3O3S. The van der Waals surface area contributed by atoms with E-state index in [0.29, 0.717) is 25.1 Å². The van der Waals surface area contributed by atoms with Crippen LogP contribution in [0.4, 0.5) is 4.79 Å². The van der Waals surface area contributed by atoms with Crippen LogP contribution in [-0.4, -0.2) is 34.3 Å². The van der Waals surface area contributed by atoms with Gasteiger partial charge in [-0.2, -0.15) is 0 Å². The van der Waals surface area contributed by atoms with Gasteiger partial charge in [0.1, 0.15) is 0 Å². The number of urea groups is 1. The normalized spacial score (nSPS) is 14.3. The maximum absolute atomic E-state index is 10.9. The molecule has 0 saturated heterocycles. The molecule has 2 amide bonds. The van der Waals surface area contributed by atoms with Gasteiger partial charge in [0.05, 0.1) is 0 Å². The van der Waals surface area contributed by atoms with Gasteiger partial charge < -0.3 is 21.9 Å². The van der Waals surface area contributed by atoms with Crippen LogP contribution in [0, 0.1) is 0 Å². The highest BCUT2D eigenvalue weighted by Crippen LogP contribution is 2.24. The third-order valence-corrected chi connectivity index (χ3v) is 2.97. The van der Waals surface area contributed by atoms with Gasteiger partial charge >= 0.3 is 12.0 Å². The zero-order valence-corrected chi connectivity index (χ0v) is 9.47. The summed E-state index contributed by atoms with van der Waals surface area (Å²) in [7, 11) is 0. The molecule has 0 rings (SSSR count). The maximum Gasteiger partial charge on any atom is 0.334 e. The topological polar surface area (TPSA) is 118 Å². The Balaban J connectivity index is 3.97. The number of amides is 2. The van der Waals surface area contributed by atoms with Crippen LogP contribution >= 0.6 is 11.8 Å². The number of thioether (sulfide) groups is 1. The van der Waals surface area contributed by atoms with Gasteiger partial charge in [0.15, 0.2) is 4.87 Å². The molecule has 0 aliphatic carbocycles. The summed E-state index contributed by atoms with van der Waals surface area (Å²) < 4.78 is 0. The fourth-order valence-corrected chi connectivity index (χ4v) is 1.99. The number of nitrogens with one attached hydrogen (secondary N) is 1. The molecule has 88 valence electrons. The third-order valence-electron chi connectivity index (χ3n) is 1.79. The van der Waals surface area contributed by atoms with E-state index in [1.54, 1.807) is 0 Å². The number of carboxylic acids is 1. The lowest BCUT2D eigenvalue weighted by atomic mass is 10.1. The molecule has 0 spiro atoms. The highest BCUT2D eigenvalue weighted by atomic mass is 32.2. The number of carbonyl (C=O) groups excluding carboxylic acids is 1. The second kappa shape index (κ2) is 6.52. The molecule has 0 aliphatic rings. The van der Waals surface area contributed by atoms with E-state index in [4.69, 9.17) is 16.6 Å². The van der Waals surface area contributed by atoms with Crippen molar-refractivity contribution in [3.63, 3.8) is 0 Å². The molecule has 0 aromatic carbocycles. The predicted octanol–water partition coefficient (Wildman–Crippen LogP) is -0.0724. The second-order valence-electron chi connectivity index (χ2n) is 3.02. The van der Waals surface area contributed by atoms with E-state index in [2.05, 4.69) is 5.32 Å². The minimum atomic E-state index is -1.27. The van der Waals surface area contributed by atoms with Crippen molar-refractivity contribution in [2.75, 3.05) is 12.3 Å². The van der Waals surface area contributed by atoms with E-state index in [1.165, 1.54) is 11.8 Å². The number of aliphatic carboxylic acids is 1. The lowest BCUT2D eigenvalue weighted by Crippen LogP contribution is -2.45. The van der Waals surface area contributed by atoms with Crippen LogP contribution in [0.1, 0.15) is 19.8 Å². The largest absolute Gasteiger partial charge is 0.479 e. The van der Waals surface area contributed by atoms with Crippen LogP contribution in [0.15, 0.2) is 0 Å². The van der Waals surface area contributed by atoms with Gasteiger partial charge in [-0.3, -0.25) is 0 Å². The lowest BCUT2D eigenvalue weighted by Gasteiger charge is -2.23. The SMILES string of the molecule is CCS[C@@](N)(CCCNC(N)=O)C(=O)O. The zero-order valence-electron chi connectivity index (χ0n) is 8.66. The molecule has 15 heavy (non-hydrogen) atoms. The Bertz CT molecular complexity index is 237. The van der Waals surface area contributed by atoms with Gasteiger partial charge in [-0.05, 0) is 18.6 Å². The fourth-order valence-electron chi connectivity index (χ4n) is 1.06. The smallest absolute Gasteiger partial charge is 0.334 e. The van der Waals surface area contributed by atoms with Gasteiger partial charge in [-0.25, -0.2) is 9.59 Å². The first-order valence-electron chi connectivity index (χ1n) is 4.62. The number of hydrogen-bond acceptors (Lipinski definition) is 4. The molecule has 0 heterocycles. The Morgan fingerprint density at radius 2 is 2.13 bits per heavy atom. The van der Waals surface area contributed by atoms with Crippen molar-refractivity contribution in [3.05, 3.63) is 0 Å². The molecule has 0 radical (unpaired) electrons. The number of carboxylic acid groups (broad SMARTS) is 1. The van der Waals surface area contributed by atoms with Crippen LogP contribution in [0.5, 0.6) is 0 Å². The predicted molar refractivity (Wildman–Crippen MR) is 59.5 cm³/mol. The van der Waals surface area contributed by atoms with Crippen LogP contribution in [0.2, 0.25) is 0 Å². The zero-order chi connectivity index (χ0) is 11.9. The molecule has 0 saturated carbocycles. The summed E-state index contributed by atoms with van der Waals surface area (Å²) in [6.45, 7) is 2.18. The van der Waals surface area contributed by atoms with E-state index >= 15 is 0 Å². The molecule has 1 atom stereocenters. The van der Waals surface area contributed by atoms with Crippen LogP contribution < -0.4 is 16.8 Å². The average Bonchev–Trinajstić information content (AvgIpc) is 2.12. The van der Waals surface area contributed by atoms with Crippen molar-refractivity contribution >= 4 is 23.8 Å². The van der Waals surface area contributed by atoms with Gasteiger partial charge in [0, 0.05) is 6.54 Å². The van der Waals surface area contributed by atoms with Crippen molar-refractivity contribution in [1.29, 1.82) is 0 Å². The van der Waals surface area contributed by atoms with Crippen LogP contribution in [0.25, 0.3) is 0 Å². The second-order valence-corrected chi connectivity index (χ2v) is 4.62. The van der Waals surface area contributed by atoms with Crippen molar-refractivity contribution in [2.45, 2.75) is 24.6 Å². The van der Waals surface area contributed by atoms with Crippen molar-refractivity contribution in [2.24, 2.45) is 11.5 Å². The first-order chi connectivity index (χ1) is 6.92. The minimum Gasteiger partial charge on any atom is -0.479 e. The lowest BCUT2D eigenvalue weighted by molar-refractivity contribution is -0.140. The molecule has 0 aromatic rings. The Kier molecular flexibility index (Phi) is 6.11. The molecule has 0 fully saturated rings. The van der Waals surface area contributed by atoms with E-state index < -0.39 is 16.9 Å². The number of carbonyl (C=O) groups is 2. The monoisotopic (exact) mass is 235 g/mol. The Hall–Kier alpha value is -0.950. The van der Waals surface area contributed by atoms with Gasteiger partial charge in [0.2, 0.25) is 0 Å². The number of nitrogens with two attached hydrogens (primary N) is 2. The van der Waals surface area contributed by atoms with Crippen molar-refractivity contribution in [1.82, 2.24) is 5.32 Å². The van der Waals surface area contributed by atoms with Crippen LogP contribution in [0.3, 0.4) is 0 Å². The van der Waals surface area contributed by atoms with E-state index in [-0.39, 0.29) is 0 Å². The standard InChI is InChI=1S/C8H17N3O3S/c1-2-15-8(10,6(12)13)4-3-5-11-7(9)14/h2-5,10H2,1H3,(H,12,13)(H3,9,11,14)/t8-/m0/s1. The fraction of sp³-hybridized carbons (Fsp3) is 0.750. The molecule has 0 aromatic heterocycles. The summed E-state index contributed by atoms with van der Waals surface area (Å²) in [5, 5.41) is 11.3. The molecular weight excluding hydrogens is 218 g/mol. The van der Waals surface area contributed by atoms with E-state index in [1.807, 2.05) is 6.92 Å². The first-order valence-corrected chi connectivity index (χ1v) is 5.60. The summed E-state index contributed by atoms with van der Waals surface area (Å²) >= 11 is 1.18. The third kappa shape index (κ3) is 5.48. The van der Waals surface area contributed by atoms with Crippen molar-refractivity contribution < 1.29 is 14.7 Å². The van der Waals surface area contributed by atoms with Gasteiger partial charge in [-0.1, -0.05) is 6.92 Å². The molecule has 7 heteroatoms. The minimum absolute atomic E-state index is 0.293. The summed E-state index contributed by atoms with van der Waals surface area (Å²) in [4.78, 5) is 20.0. The Morgan fingerprint density at radius 3 is 2.53 bits per heavy atom. The summed E-state index contributed by atoms with van der Waals surface area (Å²) in [5.41, 5.74) is 10.5. The molecule has 0 bridgehead atoms.